The van der Waals surface area contributed by atoms with Gasteiger partial charge < -0.3 is 24.3 Å². The van der Waals surface area contributed by atoms with E-state index in [1.54, 1.807) is 14.2 Å². The van der Waals surface area contributed by atoms with Crippen LogP contribution in [0.25, 0.3) is 0 Å². The van der Waals surface area contributed by atoms with Crippen LogP contribution in [-0.2, 0) is 6.54 Å². The van der Waals surface area contributed by atoms with E-state index in [2.05, 4.69) is 18.3 Å². The minimum absolute atomic E-state index is 0.138. The van der Waals surface area contributed by atoms with Crippen molar-refractivity contribution in [2.75, 3.05) is 27.4 Å². The van der Waals surface area contributed by atoms with Gasteiger partial charge in [0, 0.05) is 24.2 Å². The van der Waals surface area contributed by atoms with Crippen LogP contribution in [0.5, 0.6) is 23.0 Å². The van der Waals surface area contributed by atoms with Gasteiger partial charge in [-0.1, -0.05) is 12.1 Å². The molecule has 24 heavy (non-hydrogen) atoms. The van der Waals surface area contributed by atoms with Crippen LogP contribution in [0.4, 0.5) is 0 Å². The summed E-state index contributed by atoms with van der Waals surface area (Å²) in [6, 6.07) is 12.1. The molecule has 1 unspecified atom stereocenters. The van der Waals surface area contributed by atoms with Crippen molar-refractivity contribution in [1.82, 2.24) is 5.32 Å². The third-order valence-electron chi connectivity index (χ3n) is 4.13. The van der Waals surface area contributed by atoms with Crippen molar-refractivity contribution in [2.45, 2.75) is 19.5 Å². The van der Waals surface area contributed by atoms with E-state index in [4.69, 9.17) is 18.9 Å². The van der Waals surface area contributed by atoms with Crippen LogP contribution in [0.15, 0.2) is 36.4 Å². The summed E-state index contributed by atoms with van der Waals surface area (Å²) in [6.07, 6.45) is 0. The molecule has 5 heteroatoms. The zero-order valence-corrected chi connectivity index (χ0v) is 14.3. The molecular formula is C19H23NO4. The van der Waals surface area contributed by atoms with Gasteiger partial charge in [-0.05, 0) is 30.7 Å². The predicted octanol–water partition coefficient (Wildman–Crippen LogP) is 3.33. The fourth-order valence-corrected chi connectivity index (χ4v) is 2.75. The zero-order valence-electron chi connectivity index (χ0n) is 14.3. The maximum Gasteiger partial charge on any atom is 0.161 e. The second kappa shape index (κ2) is 7.45. The third kappa shape index (κ3) is 3.57. The average molecular weight is 329 g/mol. The van der Waals surface area contributed by atoms with Gasteiger partial charge in [-0.15, -0.1) is 0 Å². The van der Waals surface area contributed by atoms with Gasteiger partial charge in [0.25, 0.3) is 0 Å². The lowest BCUT2D eigenvalue weighted by atomic mass is 10.1. The van der Waals surface area contributed by atoms with Gasteiger partial charge in [0.2, 0.25) is 0 Å². The third-order valence-corrected chi connectivity index (χ3v) is 4.13. The van der Waals surface area contributed by atoms with E-state index in [1.807, 2.05) is 30.3 Å². The Morgan fingerprint density at radius 1 is 1.00 bits per heavy atom. The van der Waals surface area contributed by atoms with Crippen LogP contribution in [0.1, 0.15) is 24.1 Å². The van der Waals surface area contributed by atoms with Crippen LogP contribution >= 0.6 is 0 Å². The molecule has 0 bridgehead atoms. The molecule has 2 aromatic rings. The van der Waals surface area contributed by atoms with Crippen LogP contribution in [0.2, 0.25) is 0 Å². The standard InChI is InChI=1S/C19H23NO4/c1-13(16-6-5-15(21-2)11-18(16)22-3)20-12-14-4-7-17-19(10-14)24-9-8-23-17/h4-7,10-11,13,20H,8-9,12H2,1-3H3. The molecule has 0 saturated heterocycles. The number of benzene rings is 2. The number of ether oxygens (including phenoxy) is 4. The second-order valence-electron chi connectivity index (χ2n) is 5.69. The molecule has 3 rings (SSSR count). The highest BCUT2D eigenvalue weighted by Gasteiger charge is 2.14. The van der Waals surface area contributed by atoms with Gasteiger partial charge in [-0.2, -0.15) is 0 Å². The first kappa shape index (κ1) is 16.5. The number of hydrogen-bond acceptors (Lipinski definition) is 5. The van der Waals surface area contributed by atoms with E-state index in [-0.39, 0.29) is 6.04 Å². The van der Waals surface area contributed by atoms with Crippen molar-refractivity contribution >= 4 is 0 Å². The molecule has 0 fully saturated rings. The Bertz CT molecular complexity index is 702. The minimum atomic E-state index is 0.138. The summed E-state index contributed by atoms with van der Waals surface area (Å²) in [4.78, 5) is 0. The predicted molar refractivity (Wildman–Crippen MR) is 92.2 cm³/mol. The van der Waals surface area contributed by atoms with Gasteiger partial charge in [-0.3, -0.25) is 0 Å². The zero-order chi connectivity index (χ0) is 16.9. The Morgan fingerprint density at radius 3 is 2.54 bits per heavy atom. The largest absolute Gasteiger partial charge is 0.497 e. The summed E-state index contributed by atoms with van der Waals surface area (Å²) in [6.45, 7) is 4.05. The normalized spacial score (nSPS) is 14.1. The fraction of sp³-hybridized carbons (Fsp3) is 0.368. The van der Waals surface area contributed by atoms with Gasteiger partial charge in [0.05, 0.1) is 14.2 Å². The Kier molecular flexibility index (Phi) is 5.11. The van der Waals surface area contributed by atoms with Crippen LogP contribution < -0.4 is 24.3 Å². The lowest BCUT2D eigenvalue weighted by molar-refractivity contribution is 0.171. The van der Waals surface area contributed by atoms with E-state index in [9.17, 15) is 0 Å². The number of hydrogen-bond donors (Lipinski definition) is 1. The first-order chi connectivity index (χ1) is 11.7. The van der Waals surface area contributed by atoms with Crippen LogP contribution in [-0.4, -0.2) is 27.4 Å². The molecule has 128 valence electrons. The lowest BCUT2D eigenvalue weighted by Crippen LogP contribution is -2.19. The first-order valence-electron chi connectivity index (χ1n) is 8.05. The summed E-state index contributed by atoms with van der Waals surface area (Å²) in [7, 11) is 3.32. The van der Waals surface area contributed by atoms with E-state index in [0.29, 0.717) is 13.2 Å². The highest BCUT2D eigenvalue weighted by molar-refractivity contribution is 5.44. The molecule has 1 atom stereocenters. The van der Waals surface area contributed by atoms with Crippen LogP contribution in [0, 0.1) is 0 Å². The minimum Gasteiger partial charge on any atom is -0.497 e. The molecule has 1 heterocycles. The summed E-state index contributed by atoms with van der Waals surface area (Å²) in [5.74, 6) is 3.23. The maximum atomic E-state index is 5.63. The summed E-state index contributed by atoms with van der Waals surface area (Å²) in [5.41, 5.74) is 2.24. The summed E-state index contributed by atoms with van der Waals surface area (Å²) in [5, 5.41) is 3.52. The molecule has 0 radical (unpaired) electrons. The number of methoxy groups -OCH3 is 2. The average Bonchev–Trinajstić information content (AvgIpc) is 2.65. The van der Waals surface area contributed by atoms with Gasteiger partial charge in [-0.25, -0.2) is 0 Å². The number of nitrogens with one attached hydrogen (secondary N) is 1. The second-order valence-corrected chi connectivity index (χ2v) is 5.69. The lowest BCUT2D eigenvalue weighted by Gasteiger charge is -2.20. The molecule has 0 saturated carbocycles. The smallest absolute Gasteiger partial charge is 0.161 e. The molecule has 0 aromatic heterocycles. The Labute approximate surface area is 142 Å². The van der Waals surface area contributed by atoms with Crippen molar-refractivity contribution in [3.63, 3.8) is 0 Å². The van der Waals surface area contributed by atoms with Gasteiger partial charge >= 0.3 is 0 Å². The van der Waals surface area contributed by atoms with Crippen molar-refractivity contribution in [2.24, 2.45) is 0 Å². The fourth-order valence-electron chi connectivity index (χ4n) is 2.75. The maximum absolute atomic E-state index is 5.63. The molecule has 0 amide bonds. The molecule has 5 nitrogen and oxygen atoms in total. The molecular weight excluding hydrogens is 306 g/mol. The van der Waals surface area contributed by atoms with Gasteiger partial charge in [0.15, 0.2) is 11.5 Å². The van der Waals surface area contributed by atoms with Crippen molar-refractivity contribution in [1.29, 1.82) is 0 Å². The Hall–Kier alpha value is -2.40. The highest BCUT2D eigenvalue weighted by atomic mass is 16.6. The molecule has 0 spiro atoms. The SMILES string of the molecule is COc1ccc(C(C)NCc2ccc3c(c2)OCCO3)c(OC)c1. The van der Waals surface area contributed by atoms with E-state index in [0.717, 1.165) is 40.7 Å². The van der Waals surface area contributed by atoms with Crippen molar-refractivity contribution in [3.8, 4) is 23.0 Å². The summed E-state index contributed by atoms with van der Waals surface area (Å²) < 4.78 is 21.9. The van der Waals surface area contributed by atoms with Crippen LogP contribution in [0.3, 0.4) is 0 Å². The Balaban J connectivity index is 1.68. The van der Waals surface area contributed by atoms with Crippen molar-refractivity contribution in [3.05, 3.63) is 47.5 Å². The quantitative estimate of drug-likeness (QED) is 0.881. The molecule has 0 aliphatic carbocycles. The molecule has 2 aromatic carbocycles. The summed E-state index contributed by atoms with van der Waals surface area (Å²) >= 11 is 0. The van der Waals surface area contributed by atoms with Crippen molar-refractivity contribution < 1.29 is 18.9 Å². The highest BCUT2D eigenvalue weighted by Crippen LogP contribution is 2.32. The first-order valence-corrected chi connectivity index (χ1v) is 8.05. The molecule has 1 N–H and O–H groups in total. The molecule has 1 aliphatic rings. The van der Waals surface area contributed by atoms with E-state index >= 15 is 0 Å². The monoisotopic (exact) mass is 329 g/mol. The Morgan fingerprint density at radius 2 is 1.79 bits per heavy atom. The van der Waals surface area contributed by atoms with E-state index < -0.39 is 0 Å². The molecule has 1 aliphatic heterocycles. The van der Waals surface area contributed by atoms with Gasteiger partial charge in [0.1, 0.15) is 24.7 Å². The number of rotatable bonds is 6. The topological polar surface area (TPSA) is 49.0 Å². The number of fused-ring (bicyclic) bond motifs is 1. The van der Waals surface area contributed by atoms with E-state index in [1.165, 1.54) is 0 Å².